The molecular formula is C19H22N4O2. The van der Waals surface area contributed by atoms with E-state index >= 15 is 0 Å². The Morgan fingerprint density at radius 3 is 2.52 bits per heavy atom. The molecule has 0 saturated heterocycles. The van der Waals surface area contributed by atoms with Crippen LogP contribution in [0.3, 0.4) is 0 Å². The average molecular weight is 338 g/mol. The molecule has 3 rings (SSSR count). The van der Waals surface area contributed by atoms with Gasteiger partial charge in [-0.1, -0.05) is 18.2 Å². The highest BCUT2D eigenvalue weighted by molar-refractivity contribution is 5.93. The van der Waals surface area contributed by atoms with Gasteiger partial charge in [0.05, 0.1) is 11.4 Å². The molecule has 0 spiro atoms. The minimum Gasteiger partial charge on any atom is -0.445 e. The second-order valence-electron chi connectivity index (χ2n) is 6.17. The molecule has 1 aromatic carbocycles. The van der Waals surface area contributed by atoms with Crippen LogP contribution < -0.4 is 5.32 Å². The average Bonchev–Trinajstić information content (AvgIpc) is 3.05. The van der Waals surface area contributed by atoms with Crippen molar-refractivity contribution in [1.29, 1.82) is 0 Å². The van der Waals surface area contributed by atoms with E-state index in [0.717, 1.165) is 28.2 Å². The number of aryl methyl sites for hydroxylation is 4. The summed E-state index contributed by atoms with van der Waals surface area (Å²) in [5.74, 6) is 0.776. The van der Waals surface area contributed by atoms with Crippen molar-refractivity contribution in [3.63, 3.8) is 0 Å². The molecule has 2 heterocycles. The first kappa shape index (κ1) is 17.0. The van der Waals surface area contributed by atoms with Crippen molar-refractivity contribution in [2.45, 2.75) is 41.2 Å². The minimum absolute atomic E-state index is 0.239. The standard InChI is InChI=1S/C19H22N4O2/c1-11-8-6-7-9-17(11)23-13(3)16(12(2)22-23)10-20-19(24)18-14(4)25-15(5)21-18/h6-9H,10H2,1-5H3,(H,20,24). The quantitative estimate of drug-likeness (QED) is 0.792. The van der Waals surface area contributed by atoms with E-state index in [9.17, 15) is 4.79 Å². The lowest BCUT2D eigenvalue weighted by Gasteiger charge is -2.09. The zero-order valence-electron chi connectivity index (χ0n) is 15.2. The third-order valence-corrected chi connectivity index (χ3v) is 4.33. The molecule has 0 radical (unpaired) electrons. The number of rotatable bonds is 4. The summed E-state index contributed by atoms with van der Waals surface area (Å²) in [6.07, 6.45) is 0. The highest BCUT2D eigenvalue weighted by Gasteiger charge is 2.18. The number of aromatic nitrogens is 3. The van der Waals surface area contributed by atoms with Gasteiger partial charge in [-0.3, -0.25) is 4.79 Å². The number of hydrogen-bond acceptors (Lipinski definition) is 4. The minimum atomic E-state index is -0.239. The Morgan fingerprint density at radius 1 is 1.16 bits per heavy atom. The SMILES string of the molecule is Cc1nc(C(=O)NCc2c(C)nn(-c3ccccc3C)c2C)c(C)o1. The van der Waals surface area contributed by atoms with Crippen LogP contribution in [-0.2, 0) is 6.54 Å². The van der Waals surface area contributed by atoms with Crippen molar-refractivity contribution in [1.82, 2.24) is 20.1 Å². The Morgan fingerprint density at radius 2 is 1.88 bits per heavy atom. The van der Waals surface area contributed by atoms with Crippen LogP contribution in [0.1, 0.15) is 44.7 Å². The lowest BCUT2D eigenvalue weighted by molar-refractivity contribution is 0.0945. The van der Waals surface area contributed by atoms with Crippen molar-refractivity contribution in [2.75, 3.05) is 0 Å². The van der Waals surface area contributed by atoms with Gasteiger partial charge in [0.2, 0.25) is 0 Å². The number of hydrogen-bond donors (Lipinski definition) is 1. The van der Waals surface area contributed by atoms with Gasteiger partial charge < -0.3 is 9.73 Å². The summed E-state index contributed by atoms with van der Waals surface area (Å²) in [5.41, 5.74) is 5.45. The van der Waals surface area contributed by atoms with Gasteiger partial charge in [-0.25, -0.2) is 9.67 Å². The summed E-state index contributed by atoms with van der Waals surface area (Å²) < 4.78 is 7.25. The maximum Gasteiger partial charge on any atom is 0.273 e. The van der Waals surface area contributed by atoms with Crippen LogP contribution in [-0.4, -0.2) is 20.7 Å². The van der Waals surface area contributed by atoms with Crippen LogP contribution >= 0.6 is 0 Å². The molecular weight excluding hydrogens is 316 g/mol. The number of benzene rings is 1. The molecule has 0 bridgehead atoms. The number of carbonyl (C=O) groups excluding carboxylic acids is 1. The second kappa shape index (κ2) is 6.55. The lowest BCUT2D eigenvalue weighted by Crippen LogP contribution is -2.24. The summed E-state index contributed by atoms with van der Waals surface area (Å²) in [7, 11) is 0. The van der Waals surface area contributed by atoms with Crippen LogP contribution in [0.4, 0.5) is 0 Å². The maximum absolute atomic E-state index is 12.3. The van der Waals surface area contributed by atoms with Crippen molar-refractivity contribution in [3.05, 3.63) is 64.1 Å². The Kier molecular flexibility index (Phi) is 4.44. The molecule has 0 unspecified atom stereocenters. The fourth-order valence-corrected chi connectivity index (χ4v) is 2.96. The predicted molar refractivity (Wildman–Crippen MR) is 94.9 cm³/mol. The van der Waals surface area contributed by atoms with E-state index in [-0.39, 0.29) is 5.91 Å². The van der Waals surface area contributed by atoms with Crippen LogP contribution in [0.5, 0.6) is 0 Å². The van der Waals surface area contributed by atoms with Crippen LogP contribution in [0, 0.1) is 34.6 Å². The third-order valence-electron chi connectivity index (χ3n) is 4.33. The van der Waals surface area contributed by atoms with E-state index < -0.39 is 0 Å². The van der Waals surface area contributed by atoms with Crippen LogP contribution in [0.25, 0.3) is 5.69 Å². The number of nitrogens with one attached hydrogen (secondary N) is 1. The van der Waals surface area contributed by atoms with Crippen molar-refractivity contribution in [2.24, 2.45) is 0 Å². The van der Waals surface area contributed by atoms with Crippen LogP contribution in [0.2, 0.25) is 0 Å². The highest BCUT2D eigenvalue weighted by Crippen LogP contribution is 2.20. The van der Waals surface area contributed by atoms with E-state index in [1.807, 2.05) is 36.7 Å². The fraction of sp³-hybridized carbons (Fsp3) is 0.316. The van der Waals surface area contributed by atoms with Gasteiger partial charge in [0.25, 0.3) is 5.91 Å². The van der Waals surface area contributed by atoms with Gasteiger partial charge in [0.15, 0.2) is 11.6 Å². The first-order valence-electron chi connectivity index (χ1n) is 8.21. The molecule has 6 nitrogen and oxygen atoms in total. The zero-order chi connectivity index (χ0) is 18.1. The van der Waals surface area contributed by atoms with Gasteiger partial charge >= 0.3 is 0 Å². The molecule has 2 aromatic heterocycles. The molecule has 0 aliphatic carbocycles. The van der Waals surface area contributed by atoms with E-state index in [1.54, 1.807) is 13.8 Å². The van der Waals surface area contributed by atoms with Crippen LogP contribution in [0.15, 0.2) is 28.7 Å². The predicted octanol–water partition coefficient (Wildman–Crippen LogP) is 3.33. The van der Waals surface area contributed by atoms with Gasteiger partial charge in [-0.2, -0.15) is 5.10 Å². The monoisotopic (exact) mass is 338 g/mol. The zero-order valence-corrected chi connectivity index (χ0v) is 15.2. The second-order valence-corrected chi connectivity index (χ2v) is 6.17. The topological polar surface area (TPSA) is 73.0 Å². The Labute approximate surface area is 146 Å². The largest absolute Gasteiger partial charge is 0.445 e. The smallest absolute Gasteiger partial charge is 0.273 e. The Balaban J connectivity index is 1.83. The van der Waals surface area contributed by atoms with E-state index in [0.29, 0.717) is 23.9 Å². The molecule has 0 aliphatic heterocycles. The van der Waals surface area contributed by atoms with E-state index in [1.165, 1.54) is 0 Å². The molecule has 6 heteroatoms. The molecule has 0 saturated carbocycles. The summed E-state index contributed by atoms with van der Waals surface area (Å²) in [5, 5.41) is 7.56. The lowest BCUT2D eigenvalue weighted by atomic mass is 10.1. The molecule has 3 aromatic rings. The molecule has 0 fully saturated rings. The number of amides is 1. The first-order valence-corrected chi connectivity index (χ1v) is 8.21. The van der Waals surface area contributed by atoms with Gasteiger partial charge in [-0.05, 0) is 39.3 Å². The molecule has 0 atom stereocenters. The summed E-state index contributed by atoms with van der Waals surface area (Å²) in [6, 6.07) is 8.10. The molecule has 1 amide bonds. The number of carbonyl (C=O) groups is 1. The molecule has 0 aliphatic rings. The normalized spacial score (nSPS) is 10.9. The molecule has 1 N–H and O–H groups in total. The van der Waals surface area contributed by atoms with Gasteiger partial charge in [-0.15, -0.1) is 0 Å². The highest BCUT2D eigenvalue weighted by atomic mass is 16.4. The number of oxazole rings is 1. The molecule has 130 valence electrons. The fourth-order valence-electron chi connectivity index (χ4n) is 2.96. The maximum atomic E-state index is 12.3. The van der Waals surface area contributed by atoms with Crippen molar-refractivity contribution < 1.29 is 9.21 Å². The first-order chi connectivity index (χ1) is 11.9. The molecule has 25 heavy (non-hydrogen) atoms. The van der Waals surface area contributed by atoms with E-state index in [4.69, 9.17) is 4.42 Å². The Bertz CT molecular complexity index is 937. The van der Waals surface area contributed by atoms with Crippen molar-refractivity contribution in [3.8, 4) is 5.69 Å². The third kappa shape index (κ3) is 3.20. The number of nitrogens with zero attached hydrogens (tertiary/aromatic N) is 3. The number of para-hydroxylation sites is 1. The summed E-state index contributed by atoms with van der Waals surface area (Å²) in [6.45, 7) is 9.89. The summed E-state index contributed by atoms with van der Waals surface area (Å²) >= 11 is 0. The van der Waals surface area contributed by atoms with Crippen molar-refractivity contribution >= 4 is 5.91 Å². The van der Waals surface area contributed by atoms with E-state index in [2.05, 4.69) is 28.4 Å². The van der Waals surface area contributed by atoms with Gasteiger partial charge in [0, 0.05) is 24.7 Å². The summed E-state index contributed by atoms with van der Waals surface area (Å²) in [4.78, 5) is 16.5. The Hall–Kier alpha value is -2.89. The van der Waals surface area contributed by atoms with Gasteiger partial charge in [0.1, 0.15) is 5.76 Å².